The highest BCUT2D eigenvalue weighted by Gasteiger charge is 2.15. The van der Waals surface area contributed by atoms with Gasteiger partial charge in [-0.05, 0) is 12.1 Å². The molecule has 0 fully saturated rings. The lowest BCUT2D eigenvalue weighted by molar-refractivity contribution is 0.0961. The van der Waals surface area contributed by atoms with E-state index in [2.05, 4.69) is 15.6 Å². The number of rotatable bonds is 3. The van der Waals surface area contributed by atoms with Crippen LogP contribution >= 0.6 is 11.3 Å². The van der Waals surface area contributed by atoms with Crippen LogP contribution in [0.15, 0.2) is 41.9 Å². The zero-order chi connectivity index (χ0) is 16.4. The molecule has 7 heteroatoms. The van der Waals surface area contributed by atoms with Gasteiger partial charge in [0.2, 0.25) is 0 Å². The molecule has 0 bridgehead atoms. The van der Waals surface area contributed by atoms with Crippen molar-refractivity contribution in [1.29, 1.82) is 0 Å². The third-order valence-electron chi connectivity index (χ3n) is 3.38. The number of hydrogen-bond donors (Lipinski definition) is 3. The summed E-state index contributed by atoms with van der Waals surface area (Å²) in [6.07, 6.45) is 1.36. The number of nitrogens with zero attached hydrogens (tertiary/aromatic N) is 1. The molecule has 1 aromatic carbocycles. The molecule has 0 radical (unpaired) electrons. The van der Waals surface area contributed by atoms with E-state index in [1.54, 1.807) is 5.38 Å². The number of anilines is 2. The van der Waals surface area contributed by atoms with E-state index in [0.717, 1.165) is 10.1 Å². The summed E-state index contributed by atoms with van der Waals surface area (Å²) >= 11 is 1.50. The summed E-state index contributed by atoms with van der Waals surface area (Å²) in [4.78, 5) is 28.1. The van der Waals surface area contributed by atoms with Gasteiger partial charge in [0.15, 0.2) is 0 Å². The maximum Gasteiger partial charge on any atom is 0.257 e. The van der Waals surface area contributed by atoms with E-state index < -0.39 is 0 Å². The minimum atomic E-state index is -0.297. The summed E-state index contributed by atoms with van der Waals surface area (Å²) in [5.41, 5.74) is 6.99. The number of nitrogen functional groups attached to an aromatic ring is 1. The molecule has 3 rings (SSSR count). The van der Waals surface area contributed by atoms with Crippen molar-refractivity contribution in [2.75, 3.05) is 18.1 Å². The molecule has 0 aliphatic heterocycles. The second kappa shape index (κ2) is 6.05. The molecule has 0 saturated carbocycles. The summed E-state index contributed by atoms with van der Waals surface area (Å²) < 4.78 is 1.03. The van der Waals surface area contributed by atoms with Crippen LogP contribution in [0.5, 0.6) is 0 Å². The number of nitrogens with two attached hydrogens (primary N) is 1. The molecule has 0 aliphatic rings. The minimum absolute atomic E-state index is 0.158. The van der Waals surface area contributed by atoms with Gasteiger partial charge in [-0.1, -0.05) is 18.2 Å². The molecule has 2 aromatic heterocycles. The van der Waals surface area contributed by atoms with E-state index in [-0.39, 0.29) is 17.6 Å². The van der Waals surface area contributed by atoms with Gasteiger partial charge >= 0.3 is 0 Å². The number of carbonyl (C=O) groups excluding carboxylic acids is 2. The fourth-order valence-corrected chi connectivity index (χ4v) is 3.13. The van der Waals surface area contributed by atoms with Gasteiger partial charge in [0.25, 0.3) is 11.8 Å². The van der Waals surface area contributed by atoms with Crippen molar-refractivity contribution in [1.82, 2.24) is 10.3 Å². The van der Waals surface area contributed by atoms with Crippen LogP contribution in [0.4, 0.5) is 11.5 Å². The van der Waals surface area contributed by atoms with Gasteiger partial charge in [-0.2, -0.15) is 0 Å². The number of carbonyl (C=O) groups is 2. The molecule has 3 aromatic rings. The van der Waals surface area contributed by atoms with Crippen LogP contribution in [0.1, 0.15) is 20.7 Å². The third kappa shape index (κ3) is 2.86. The van der Waals surface area contributed by atoms with Crippen molar-refractivity contribution in [3.05, 3.63) is 53.0 Å². The van der Waals surface area contributed by atoms with Crippen LogP contribution in [0.25, 0.3) is 10.1 Å². The number of aromatic nitrogens is 1. The smallest absolute Gasteiger partial charge is 0.257 e. The first-order chi connectivity index (χ1) is 11.1. The first-order valence-electron chi connectivity index (χ1n) is 6.85. The van der Waals surface area contributed by atoms with Crippen molar-refractivity contribution < 1.29 is 9.59 Å². The first kappa shape index (κ1) is 15.0. The van der Waals surface area contributed by atoms with Crippen LogP contribution in [-0.4, -0.2) is 23.8 Å². The van der Waals surface area contributed by atoms with Crippen LogP contribution in [0, 0.1) is 0 Å². The lowest BCUT2D eigenvalue weighted by atomic mass is 10.1. The molecule has 0 saturated heterocycles. The van der Waals surface area contributed by atoms with Gasteiger partial charge in [0.05, 0.1) is 16.8 Å². The predicted molar refractivity (Wildman–Crippen MR) is 91.8 cm³/mol. The Morgan fingerprint density at radius 1 is 1.22 bits per heavy atom. The summed E-state index contributed by atoms with van der Waals surface area (Å²) in [7, 11) is 1.52. The highest BCUT2D eigenvalue weighted by molar-refractivity contribution is 7.17. The normalized spacial score (nSPS) is 10.5. The van der Waals surface area contributed by atoms with Crippen molar-refractivity contribution in [2.45, 2.75) is 0 Å². The average molecular weight is 326 g/mol. The molecule has 23 heavy (non-hydrogen) atoms. The van der Waals surface area contributed by atoms with Crippen molar-refractivity contribution in [3.63, 3.8) is 0 Å². The van der Waals surface area contributed by atoms with Gasteiger partial charge in [-0.15, -0.1) is 11.3 Å². The molecular weight excluding hydrogens is 312 g/mol. The number of pyridine rings is 1. The minimum Gasteiger partial charge on any atom is -0.382 e. The number of amides is 2. The van der Waals surface area contributed by atoms with Gasteiger partial charge in [0.1, 0.15) is 5.82 Å². The Morgan fingerprint density at radius 3 is 2.78 bits per heavy atom. The SMILES string of the molecule is CNC(=O)c1cnc(N)c(NC(=O)c2csc3ccccc23)c1. The number of benzene rings is 1. The van der Waals surface area contributed by atoms with E-state index in [9.17, 15) is 9.59 Å². The molecule has 116 valence electrons. The van der Waals surface area contributed by atoms with Crippen molar-refractivity contribution >= 4 is 44.7 Å². The van der Waals surface area contributed by atoms with Gasteiger partial charge < -0.3 is 16.4 Å². The molecular formula is C16H14N4O2S. The maximum absolute atomic E-state index is 12.5. The Morgan fingerprint density at radius 2 is 2.00 bits per heavy atom. The fraction of sp³-hybridized carbons (Fsp3) is 0.0625. The van der Waals surface area contributed by atoms with Crippen LogP contribution in [0.3, 0.4) is 0 Å². The van der Waals surface area contributed by atoms with Crippen molar-refractivity contribution in [2.24, 2.45) is 0 Å². The van der Waals surface area contributed by atoms with Gasteiger partial charge in [0, 0.05) is 28.7 Å². The predicted octanol–water partition coefficient (Wildman–Crippen LogP) is 2.49. The Labute approximate surface area is 136 Å². The summed E-state index contributed by atoms with van der Waals surface area (Å²) in [6, 6.07) is 9.17. The number of thiophene rings is 1. The third-order valence-corrected chi connectivity index (χ3v) is 4.35. The van der Waals surface area contributed by atoms with Gasteiger partial charge in [-0.3, -0.25) is 9.59 Å². The molecule has 6 nitrogen and oxygen atoms in total. The van der Waals surface area contributed by atoms with Crippen LogP contribution < -0.4 is 16.4 Å². The van der Waals surface area contributed by atoms with Crippen LogP contribution in [-0.2, 0) is 0 Å². The van der Waals surface area contributed by atoms with E-state index in [1.807, 2.05) is 24.3 Å². The monoisotopic (exact) mass is 326 g/mol. The largest absolute Gasteiger partial charge is 0.382 e. The van der Waals surface area contributed by atoms with E-state index >= 15 is 0 Å². The molecule has 0 unspecified atom stereocenters. The highest BCUT2D eigenvalue weighted by atomic mass is 32.1. The van der Waals surface area contributed by atoms with E-state index in [4.69, 9.17) is 5.73 Å². The quantitative estimate of drug-likeness (QED) is 0.689. The Bertz CT molecular complexity index is 904. The number of hydrogen-bond acceptors (Lipinski definition) is 5. The van der Waals surface area contributed by atoms with E-state index in [0.29, 0.717) is 16.8 Å². The molecule has 4 N–H and O–H groups in total. The second-order valence-corrected chi connectivity index (χ2v) is 5.75. The summed E-state index contributed by atoms with van der Waals surface area (Å²) in [5, 5.41) is 7.90. The zero-order valence-corrected chi connectivity index (χ0v) is 13.1. The Balaban J connectivity index is 1.92. The maximum atomic E-state index is 12.5. The molecule has 0 atom stereocenters. The molecule has 0 spiro atoms. The van der Waals surface area contributed by atoms with Crippen LogP contribution in [0.2, 0.25) is 0 Å². The number of fused-ring (bicyclic) bond motifs is 1. The first-order valence-corrected chi connectivity index (χ1v) is 7.73. The standard InChI is InChI=1S/C16H14N4O2S/c1-18-15(21)9-6-12(14(17)19-7-9)20-16(22)11-8-23-13-5-3-2-4-10(11)13/h2-8H,1H3,(H2,17,19)(H,18,21)(H,20,22). The van der Waals surface area contributed by atoms with E-state index in [1.165, 1.54) is 30.6 Å². The Hall–Kier alpha value is -2.93. The molecule has 2 amide bonds. The highest BCUT2D eigenvalue weighted by Crippen LogP contribution is 2.27. The topological polar surface area (TPSA) is 97.1 Å². The Kier molecular flexibility index (Phi) is 3.94. The summed E-state index contributed by atoms with van der Waals surface area (Å²) in [6.45, 7) is 0. The zero-order valence-electron chi connectivity index (χ0n) is 12.3. The summed E-state index contributed by atoms with van der Waals surface area (Å²) in [5.74, 6) is -0.426. The lowest BCUT2D eigenvalue weighted by Crippen LogP contribution is -2.19. The van der Waals surface area contributed by atoms with Gasteiger partial charge in [-0.25, -0.2) is 4.98 Å². The molecule has 2 heterocycles. The second-order valence-electron chi connectivity index (χ2n) is 4.84. The number of nitrogens with one attached hydrogen (secondary N) is 2. The molecule has 0 aliphatic carbocycles. The van der Waals surface area contributed by atoms with Crippen molar-refractivity contribution in [3.8, 4) is 0 Å². The fourth-order valence-electron chi connectivity index (χ4n) is 2.19. The average Bonchev–Trinajstić information content (AvgIpc) is 3.00. The lowest BCUT2D eigenvalue weighted by Gasteiger charge is -2.09.